The molecule has 1 atom stereocenters. The first-order valence-electron chi connectivity index (χ1n) is 26.0. The maximum atomic E-state index is 12.7. The zero-order chi connectivity index (χ0) is 47.2. The first kappa shape index (κ1) is 60.8. The first-order chi connectivity index (χ1) is 32.0. The van der Waals surface area contributed by atoms with Gasteiger partial charge in [-0.3, -0.25) is 14.4 Å². The molecule has 65 heavy (non-hydrogen) atoms. The van der Waals surface area contributed by atoms with E-state index in [1.165, 1.54) is 51.4 Å². The Morgan fingerprint density at radius 1 is 0.338 bits per heavy atom. The molecule has 0 saturated carbocycles. The Bertz CT molecular complexity index is 1400. The van der Waals surface area contributed by atoms with E-state index in [2.05, 4.69) is 130 Å². The van der Waals surface area contributed by atoms with Crippen molar-refractivity contribution in [2.45, 2.75) is 219 Å². The molecule has 0 radical (unpaired) electrons. The molecule has 0 amide bonds. The molecule has 0 fully saturated rings. The van der Waals surface area contributed by atoms with E-state index in [1.807, 2.05) is 6.08 Å². The highest BCUT2D eigenvalue weighted by Crippen LogP contribution is 2.12. The number of allylic oxidation sites excluding steroid dienone is 19. The molecule has 0 aromatic rings. The molecule has 1 unspecified atom stereocenters. The standard InChI is InChI=1S/C59H94O6/c1-4-7-10-13-16-19-22-25-27-28-29-30-32-34-37-40-43-46-49-52-58(61)64-55-56(54-63-57(60)51-48-45-42-39-36-33-24-21-18-15-12-9-6-3)65-59(62)53-50-47-44-41-38-35-31-26-23-20-17-14-11-8-5-2/h7-8,10-11,16-17,19-21,24-27,29-31,38,41,47,50,56H,4-6,9,12-15,18,22-23,28,32-37,39-40,42-46,48-49,51-55H2,1-3H3/b10-7-,11-8-,19-16-,20-17-,24-21-,27-25-,30-29-,31-26-,41-38-,50-47-. The van der Waals surface area contributed by atoms with E-state index in [0.29, 0.717) is 19.3 Å². The molecule has 0 heterocycles. The predicted octanol–water partition coefficient (Wildman–Crippen LogP) is 17.3. The van der Waals surface area contributed by atoms with Crippen LogP contribution in [0.3, 0.4) is 0 Å². The quantitative estimate of drug-likeness (QED) is 0.0262. The average molecular weight is 899 g/mol. The van der Waals surface area contributed by atoms with Gasteiger partial charge >= 0.3 is 17.9 Å². The Morgan fingerprint density at radius 2 is 0.646 bits per heavy atom. The van der Waals surface area contributed by atoms with Gasteiger partial charge in [-0.15, -0.1) is 0 Å². The molecule has 0 aliphatic carbocycles. The van der Waals surface area contributed by atoms with E-state index in [1.54, 1.807) is 6.08 Å². The number of carbonyl (C=O) groups excluding carboxylic acids is 3. The summed E-state index contributed by atoms with van der Waals surface area (Å²) < 4.78 is 16.7. The van der Waals surface area contributed by atoms with Gasteiger partial charge in [-0.1, -0.05) is 206 Å². The lowest BCUT2D eigenvalue weighted by molar-refractivity contribution is -0.166. The molecule has 6 nitrogen and oxygen atoms in total. The molecule has 0 rings (SSSR count). The third-order valence-electron chi connectivity index (χ3n) is 10.5. The van der Waals surface area contributed by atoms with Crippen LogP contribution in [0.4, 0.5) is 0 Å². The highest BCUT2D eigenvalue weighted by atomic mass is 16.6. The van der Waals surface area contributed by atoms with E-state index < -0.39 is 12.1 Å². The van der Waals surface area contributed by atoms with E-state index in [-0.39, 0.29) is 31.6 Å². The van der Waals surface area contributed by atoms with Gasteiger partial charge in [0.1, 0.15) is 13.2 Å². The van der Waals surface area contributed by atoms with Crippen LogP contribution in [0.1, 0.15) is 213 Å². The number of unbranched alkanes of at least 4 members (excludes halogenated alkanes) is 15. The molecule has 0 bridgehead atoms. The minimum atomic E-state index is -0.844. The summed E-state index contributed by atoms with van der Waals surface area (Å²) in [7, 11) is 0. The van der Waals surface area contributed by atoms with E-state index in [4.69, 9.17) is 14.2 Å². The number of hydrogen-bond acceptors (Lipinski definition) is 6. The van der Waals surface area contributed by atoms with Crippen molar-refractivity contribution in [1.82, 2.24) is 0 Å². The van der Waals surface area contributed by atoms with Crippen molar-refractivity contribution >= 4 is 17.9 Å². The van der Waals surface area contributed by atoms with Crippen LogP contribution < -0.4 is 0 Å². The molecule has 0 saturated heterocycles. The van der Waals surface area contributed by atoms with Crippen molar-refractivity contribution in [1.29, 1.82) is 0 Å². The molecule has 6 heteroatoms. The molecule has 0 aliphatic heterocycles. The first-order valence-corrected chi connectivity index (χ1v) is 26.0. The second-order valence-corrected chi connectivity index (χ2v) is 16.7. The lowest BCUT2D eigenvalue weighted by atomic mass is 10.1. The molecule has 366 valence electrons. The van der Waals surface area contributed by atoms with Crippen LogP contribution in [-0.2, 0) is 28.6 Å². The summed E-state index contributed by atoms with van der Waals surface area (Å²) >= 11 is 0. The van der Waals surface area contributed by atoms with Crippen LogP contribution in [0.2, 0.25) is 0 Å². The zero-order valence-corrected chi connectivity index (χ0v) is 41.7. The van der Waals surface area contributed by atoms with Crippen LogP contribution in [0.5, 0.6) is 0 Å². The van der Waals surface area contributed by atoms with Crippen LogP contribution in [0, 0.1) is 0 Å². The van der Waals surface area contributed by atoms with E-state index in [0.717, 1.165) is 116 Å². The van der Waals surface area contributed by atoms with Crippen LogP contribution in [0.25, 0.3) is 0 Å². The molecule has 0 spiro atoms. The Labute approximate surface area is 399 Å². The molecule has 0 N–H and O–H groups in total. The van der Waals surface area contributed by atoms with Crippen LogP contribution in [-0.4, -0.2) is 37.2 Å². The van der Waals surface area contributed by atoms with Crippen molar-refractivity contribution in [2.75, 3.05) is 13.2 Å². The molecule has 0 aromatic heterocycles. The Kier molecular flexibility index (Phi) is 49.1. The van der Waals surface area contributed by atoms with Gasteiger partial charge in [0, 0.05) is 12.8 Å². The normalized spacial score (nSPS) is 13.1. The second-order valence-electron chi connectivity index (χ2n) is 16.7. The van der Waals surface area contributed by atoms with Crippen molar-refractivity contribution in [3.63, 3.8) is 0 Å². The van der Waals surface area contributed by atoms with Crippen molar-refractivity contribution in [3.8, 4) is 0 Å². The van der Waals surface area contributed by atoms with Crippen molar-refractivity contribution in [2.24, 2.45) is 0 Å². The molecular weight excluding hydrogens is 805 g/mol. The smallest absolute Gasteiger partial charge is 0.310 e. The fourth-order valence-electron chi connectivity index (χ4n) is 6.62. The Hall–Kier alpha value is -4.19. The van der Waals surface area contributed by atoms with Gasteiger partial charge in [0.05, 0.1) is 6.42 Å². The van der Waals surface area contributed by atoms with Gasteiger partial charge in [0.15, 0.2) is 6.10 Å². The van der Waals surface area contributed by atoms with Crippen molar-refractivity contribution in [3.05, 3.63) is 122 Å². The summed E-state index contributed by atoms with van der Waals surface area (Å²) in [5, 5.41) is 0. The maximum Gasteiger partial charge on any atom is 0.310 e. The number of hydrogen-bond donors (Lipinski definition) is 0. The largest absolute Gasteiger partial charge is 0.462 e. The molecule has 0 aliphatic rings. The van der Waals surface area contributed by atoms with Gasteiger partial charge in [-0.2, -0.15) is 0 Å². The Balaban J connectivity index is 4.54. The number of rotatable bonds is 45. The van der Waals surface area contributed by atoms with Gasteiger partial charge in [0.25, 0.3) is 0 Å². The fraction of sp³-hybridized carbons (Fsp3) is 0.610. The lowest BCUT2D eigenvalue weighted by Gasteiger charge is -2.18. The van der Waals surface area contributed by atoms with Gasteiger partial charge in [0.2, 0.25) is 0 Å². The van der Waals surface area contributed by atoms with E-state index in [9.17, 15) is 14.4 Å². The lowest BCUT2D eigenvalue weighted by Crippen LogP contribution is -2.30. The van der Waals surface area contributed by atoms with Gasteiger partial charge < -0.3 is 14.2 Å². The van der Waals surface area contributed by atoms with Crippen LogP contribution >= 0.6 is 0 Å². The van der Waals surface area contributed by atoms with Crippen LogP contribution in [0.15, 0.2) is 122 Å². The van der Waals surface area contributed by atoms with Gasteiger partial charge in [-0.25, -0.2) is 0 Å². The SMILES string of the molecule is CC/C=C\C/C=C\C/C=C\C/C=C\C/C=C\CC(=O)OC(COC(=O)CCCCCCC/C=C\CCCCCC)COC(=O)CCCCCCCC/C=C\C/C=C\C/C=C\C/C=C\CC. The predicted molar refractivity (Wildman–Crippen MR) is 279 cm³/mol. The number of esters is 3. The zero-order valence-electron chi connectivity index (χ0n) is 41.7. The summed E-state index contributed by atoms with van der Waals surface area (Å²) in [5.74, 6) is -1.09. The third-order valence-corrected chi connectivity index (χ3v) is 10.5. The highest BCUT2D eigenvalue weighted by molar-refractivity contribution is 5.72. The van der Waals surface area contributed by atoms with E-state index >= 15 is 0 Å². The monoisotopic (exact) mass is 899 g/mol. The second kappa shape index (κ2) is 52.4. The third kappa shape index (κ3) is 50.7. The summed E-state index contributed by atoms with van der Waals surface area (Å²) in [6.45, 7) is 6.27. The van der Waals surface area contributed by atoms with Crippen molar-refractivity contribution < 1.29 is 28.6 Å². The summed E-state index contributed by atoms with van der Waals surface area (Å²) in [6.07, 6.45) is 72.0. The topological polar surface area (TPSA) is 78.9 Å². The Morgan fingerprint density at radius 3 is 1.03 bits per heavy atom. The number of ether oxygens (including phenoxy) is 3. The molecular formula is C59H94O6. The summed E-state index contributed by atoms with van der Waals surface area (Å²) in [4.78, 5) is 37.9. The maximum absolute atomic E-state index is 12.7. The average Bonchev–Trinajstić information content (AvgIpc) is 3.30. The molecule has 0 aromatic carbocycles. The summed E-state index contributed by atoms with van der Waals surface area (Å²) in [5.41, 5.74) is 0. The fourth-order valence-corrected chi connectivity index (χ4v) is 6.62. The minimum absolute atomic E-state index is 0.0874. The highest BCUT2D eigenvalue weighted by Gasteiger charge is 2.19. The minimum Gasteiger partial charge on any atom is -0.462 e. The summed E-state index contributed by atoms with van der Waals surface area (Å²) in [6, 6.07) is 0. The number of carbonyl (C=O) groups is 3. The van der Waals surface area contributed by atoms with Gasteiger partial charge in [-0.05, 0) is 109 Å².